The minimum absolute atomic E-state index is 0.0182. The van der Waals surface area contributed by atoms with E-state index in [1.54, 1.807) is 6.20 Å². The first kappa shape index (κ1) is 26.0. The third-order valence-electron chi connectivity index (χ3n) is 5.75. The molecule has 1 saturated heterocycles. The molecule has 0 spiro atoms. The van der Waals surface area contributed by atoms with Gasteiger partial charge in [-0.1, -0.05) is 11.8 Å². The van der Waals surface area contributed by atoms with Crippen LogP contribution in [0.3, 0.4) is 0 Å². The van der Waals surface area contributed by atoms with E-state index in [1.807, 2.05) is 6.26 Å². The van der Waals surface area contributed by atoms with Crippen LogP contribution in [0, 0.1) is 0 Å². The number of hydrogen-bond donors (Lipinski definition) is 1. The number of hydrogen-bond acceptors (Lipinski definition) is 6. The molecule has 1 fully saturated rings. The van der Waals surface area contributed by atoms with Crippen molar-refractivity contribution >= 4 is 34.5 Å². The van der Waals surface area contributed by atoms with Crippen LogP contribution in [0.15, 0.2) is 29.6 Å². The maximum Gasteiger partial charge on any atom is 0.416 e. The number of nitrogens with one attached hydrogen (secondary N) is 1. The second-order valence-corrected chi connectivity index (χ2v) is 9.01. The van der Waals surface area contributed by atoms with Crippen molar-refractivity contribution in [3.05, 3.63) is 41.1 Å². The molecule has 4 rings (SSSR count). The van der Waals surface area contributed by atoms with E-state index in [0.29, 0.717) is 22.9 Å². The monoisotopic (exact) mass is 532 g/mol. The van der Waals surface area contributed by atoms with Crippen LogP contribution in [0.1, 0.15) is 40.7 Å². The summed E-state index contributed by atoms with van der Waals surface area (Å²) >= 11 is 1.36. The molecule has 3 aromatic rings. The Balaban J connectivity index is 1.53. The quantitative estimate of drug-likeness (QED) is 0.274. The summed E-state index contributed by atoms with van der Waals surface area (Å²) in [5.74, 6) is -0.292. The molecule has 0 unspecified atom stereocenters. The van der Waals surface area contributed by atoms with Gasteiger partial charge in [0.15, 0.2) is 10.8 Å². The topological polar surface area (TPSA) is 75.9 Å². The van der Waals surface area contributed by atoms with Crippen molar-refractivity contribution in [3.63, 3.8) is 0 Å². The molecule has 0 bridgehead atoms. The highest BCUT2D eigenvalue weighted by Crippen LogP contribution is 2.36. The Morgan fingerprint density at radius 2 is 1.64 bits per heavy atom. The maximum atomic E-state index is 13.1. The van der Waals surface area contributed by atoms with Gasteiger partial charge in [0.2, 0.25) is 0 Å². The van der Waals surface area contributed by atoms with E-state index in [2.05, 4.69) is 25.3 Å². The standard InChI is InChI=1S/C22H22F6N6OS/c1-36-20-31-17(33-6-3-2-4-7-33)16-12-30-34(18(16)32-20)8-5-29-19(35)13-9-14(21(23,24)25)11-15(10-13)22(26,27)28/h9-12H,2-8H2,1H3,(H,29,35). The van der Waals surface area contributed by atoms with Gasteiger partial charge < -0.3 is 10.2 Å². The Morgan fingerprint density at radius 3 is 2.22 bits per heavy atom. The zero-order valence-corrected chi connectivity index (χ0v) is 19.9. The first-order chi connectivity index (χ1) is 17.0. The molecule has 3 heterocycles. The normalized spacial score (nSPS) is 14.9. The minimum atomic E-state index is -5.04. The Labute approximate surface area is 206 Å². The molecule has 0 atom stereocenters. The Kier molecular flexibility index (Phi) is 7.34. The van der Waals surface area contributed by atoms with Crippen LogP contribution in [0.2, 0.25) is 0 Å². The van der Waals surface area contributed by atoms with Gasteiger partial charge >= 0.3 is 12.4 Å². The van der Waals surface area contributed by atoms with Crippen molar-refractivity contribution in [2.45, 2.75) is 43.3 Å². The number of halogens is 6. The zero-order valence-electron chi connectivity index (χ0n) is 19.1. The summed E-state index contributed by atoms with van der Waals surface area (Å²) in [6.07, 6.45) is -3.37. The first-order valence-corrected chi connectivity index (χ1v) is 12.3. The van der Waals surface area contributed by atoms with E-state index in [4.69, 9.17) is 0 Å². The molecule has 0 saturated carbocycles. The lowest BCUT2D eigenvalue weighted by Gasteiger charge is -2.28. The fourth-order valence-corrected chi connectivity index (χ4v) is 4.34. The fourth-order valence-electron chi connectivity index (χ4n) is 3.99. The second kappa shape index (κ2) is 10.1. The zero-order chi connectivity index (χ0) is 26.1. The highest BCUT2D eigenvalue weighted by Gasteiger charge is 2.37. The Morgan fingerprint density at radius 1 is 1.00 bits per heavy atom. The summed E-state index contributed by atoms with van der Waals surface area (Å²) in [5.41, 5.74) is -3.30. The van der Waals surface area contributed by atoms with E-state index < -0.39 is 35.0 Å². The van der Waals surface area contributed by atoms with Crippen molar-refractivity contribution in [3.8, 4) is 0 Å². The maximum absolute atomic E-state index is 13.1. The number of benzene rings is 1. The third-order valence-corrected chi connectivity index (χ3v) is 6.30. The number of amides is 1. The highest BCUT2D eigenvalue weighted by molar-refractivity contribution is 7.98. The molecule has 7 nitrogen and oxygen atoms in total. The molecule has 1 aliphatic rings. The van der Waals surface area contributed by atoms with Crippen LogP contribution < -0.4 is 10.2 Å². The number of thioether (sulfide) groups is 1. The van der Waals surface area contributed by atoms with E-state index in [1.165, 1.54) is 16.4 Å². The van der Waals surface area contributed by atoms with Gasteiger partial charge in [0.1, 0.15) is 5.82 Å². The number of fused-ring (bicyclic) bond motifs is 1. The van der Waals surface area contributed by atoms with Gasteiger partial charge in [-0.3, -0.25) is 4.79 Å². The molecule has 0 radical (unpaired) electrons. The van der Waals surface area contributed by atoms with E-state index in [9.17, 15) is 31.1 Å². The second-order valence-electron chi connectivity index (χ2n) is 8.24. The van der Waals surface area contributed by atoms with Gasteiger partial charge in [0.25, 0.3) is 5.91 Å². The molecule has 194 valence electrons. The van der Waals surface area contributed by atoms with Gasteiger partial charge in [-0.05, 0) is 43.7 Å². The van der Waals surface area contributed by atoms with Gasteiger partial charge in [0, 0.05) is 25.2 Å². The third kappa shape index (κ3) is 5.68. The number of carbonyl (C=O) groups excluding carboxylic acids is 1. The summed E-state index contributed by atoms with van der Waals surface area (Å²) in [6, 6.07) is 0.781. The number of anilines is 1. The molecule has 1 aromatic carbocycles. The molecule has 0 aliphatic carbocycles. The van der Waals surface area contributed by atoms with Crippen LogP contribution in [0.5, 0.6) is 0 Å². The largest absolute Gasteiger partial charge is 0.416 e. The van der Waals surface area contributed by atoms with Crippen molar-refractivity contribution in [2.24, 2.45) is 0 Å². The average molecular weight is 533 g/mol. The van der Waals surface area contributed by atoms with Crippen LogP contribution in [0.25, 0.3) is 11.0 Å². The number of nitrogens with zero attached hydrogens (tertiary/aromatic N) is 5. The predicted octanol–water partition coefficient (Wildman–Crippen LogP) is 5.01. The van der Waals surface area contributed by atoms with Crippen molar-refractivity contribution in [2.75, 3.05) is 30.8 Å². The molecule has 2 aromatic heterocycles. The number of aromatic nitrogens is 4. The Hall–Kier alpha value is -3.03. The lowest BCUT2D eigenvalue weighted by atomic mass is 10.0. The number of piperidine rings is 1. The molecule has 14 heteroatoms. The molecule has 1 aliphatic heterocycles. The van der Waals surface area contributed by atoms with Gasteiger partial charge in [-0.15, -0.1) is 0 Å². The van der Waals surface area contributed by atoms with Crippen LogP contribution in [-0.4, -0.2) is 51.5 Å². The summed E-state index contributed by atoms with van der Waals surface area (Å²) in [4.78, 5) is 23.8. The molecule has 1 amide bonds. The molecular weight excluding hydrogens is 510 g/mol. The highest BCUT2D eigenvalue weighted by atomic mass is 32.2. The number of rotatable bonds is 6. The summed E-state index contributed by atoms with van der Waals surface area (Å²) in [7, 11) is 0. The number of alkyl halides is 6. The summed E-state index contributed by atoms with van der Waals surface area (Å²) in [6.45, 7) is 1.73. The first-order valence-electron chi connectivity index (χ1n) is 11.1. The van der Waals surface area contributed by atoms with Crippen LogP contribution in [0.4, 0.5) is 32.2 Å². The van der Waals surface area contributed by atoms with E-state index in [-0.39, 0.29) is 19.2 Å². The lowest BCUT2D eigenvalue weighted by Crippen LogP contribution is -2.30. The smallest absolute Gasteiger partial charge is 0.356 e. The van der Waals surface area contributed by atoms with Gasteiger partial charge in [-0.2, -0.15) is 31.4 Å². The minimum Gasteiger partial charge on any atom is -0.356 e. The fraction of sp³-hybridized carbons (Fsp3) is 0.455. The summed E-state index contributed by atoms with van der Waals surface area (Å²) in [5, 5.41) is 7.96. The van der Waals surface area contributed by atoms with Crippen LogP contribution >= 0.6 is 11.8 Å². The lowest BCUT2D eigenvalue weighted by molar-refractivity contribution is -0.143. The van der Waals surface area contributed by atoms with Crippen molar-refractivity contribution in [1.82, 2.24) is 25.1 Å². The van der Waals surface area contributed by atoms with Crippen LogP contribution in [-0.2, 0) is 18.9 Å². The SMILES string of the molecule is CSc1nc(N2CCCCC2)c2cnn(CCNC(=O)c3cc(C(F)(F)F)cc(C(F)(F)F)c3)c2n1. The average Bonchev–Trinajstić information content (AvgIpc) is 3.25. The predicted molar refractivity (Wildman–Crippen MR) is 122 cm³/mol. The van der Waals surface area contributed by atoms with Crippen molar-refractivity contribution < 1.29 is 31.1 Å². The van der Waals surface area contributed by atoms with Crippen molar-refractivity contribution in [1.29, 1.82) is 0 Å². The van der Waals surface area contributed by atoms with Gasteiger partial charge in [0.05, 0.1) is 29.3 Å². The molecule has 1 N–H and O–H groups in total. The van der Waals surface area contributed by atoms with E-state index in [0.717, 1.165) is 43.6 Å². The molecule has 36 heavy (non-hydrogen) atoms. The summed E-state index contributed by atoms with van der Waals surface area (Å²) < 4.78 is 80.0. The Bertz CT molecular complexity index is 1220. The molecular formula is C22H22F6N6OS. The van der Waals surface area contributed by atoms with E-state index >= 15 is 0 Å². The number of carbonyl (C=O) groups is 1. The van der Waals surface area contributed by atoms with Gasteiger partial charge in [-0.25, -0.2) is 14.6 Å².